The van der Waals surface area contributed by atoms with E-state index < -0.39 is 32.8 Å². The molecule has 1 amide bonds. The van der Waals surface area contributed by atoms with Crippen LogP contribution in [-0.2, 0) is 20.9 Å². The molecule has 1 N–H and O–H groups in total. The molecule has 3 aromatic carbocycles. The summed E-state index contributed by atoms with van der Waals surface area (Å²) in [6.07, 6.45) is -0.635. The number of methoxy groups -OCH3 is 1. The average Bonchev–Trinajstić information content (AvgIpc) is 2.81. The second-order valence-corrected chi connectivity index (χ2v) is 11.3. The van der Waals surface area contributed by atoms with Crippen LogP contribution in [0.1, 0.15) is 5.56 Å². The van der Waals surface area contributed by atoms with E-state index in [4.69, 9.17) is 9.47 Å². The van der Waals surface area contributed by atoms with Gasteiger partial charge in [0.05, 0.1) is 0 Å². The van der Waals surface area contributed by atoms with Gasteiger partial charge >= 0.3 is 181 Å². The second-order valence-electron chi connectivity index (χ2n) is 6.56. The fourth-order valence-electron chi connectivity index (χ4n) is 2.99. The molecule has 0 radical (unpaired) electrons. The Hall–Kier alpha value is -3.04. The number of hydrogen-bond donors (Lipinski definition) is 1. The summed E-state index contributed by atoms with van der Waals surface area (Å²) in [5.74, 6) is -0.474. The number of rotatable bonds is 8. The SMILES string of the molecule is COC(=O)[C@H](C[As](c1ccccc1)c1ccccc1)NC(=O)OCc1ccccc1. The Morgan fingerprint density at radius 1 is 0.833 bits per heavy atom. The Kier molecular flexibility index (Phi) is 8.10. The molecule has 0 unspecified atom stereocenters. The molecule has 0 spiro atoms. The van der Waals surface area contributed by atoms with Gasteiger partial charge in [0.2, 0.25) is 0 Å². The molecule has 0 saturated carbocycles. The summed E-state index contributed by atoms with van der Waals surface area (Å²) in [5, 5.41) is 3.20. The number of esters is 1. The first-order valence-electron chi connectivity index (χ1n) is 9.60. The van der Waals surface area contributed by atoms with Gasteiger partial charge in [0, 0.05) is 0 Å². The van der Waals surface area contributed by atoms with Crippen LogP contribution in [0.4, 0.5) is 4.79 Å². The molecule has 0 saturated heterocycles. The zero-order chi connectivity index (χ0) is 21.2. The van der Waals surface area contributed by atoms with Gasteiger partial charge in [0.25, 0.3) is 0 Å². The number of amides is 1. The van der Waals surface area contributed by atoms with E-state index in [1.807, 2.05) is 66.7 Å². The summed E-state index contributed by atoms with van der Waals surface area (Å²) in [6, 6.07) is 28.9. The number of nitrogens with one attached hydrogen (secondary N) is 1. The van der Waals surface area contributed by atoms with Crippen LogP contribution < -0.4 is 14.0 Å². The second kappa shape index (κ2) is 11.2. The zero-order valence-corrected chi connectivity index (χ0v) is 18.6. The molecule has 0 aliphatic rings. The van der Waals surface area contributed by atoms with Crippen molar-refractivity contribution in [1.82, 2.24) is 5.32 Å². The van der Waals surface area contributed by atoms with Gasteiger partial charge in [0.15, 0.2) is 0 Å². The molecule has 3 aromatic rings. The van der Waals surface area contributed by atoms with Crippen molar-refractivity contribution in [3.05, 3.63) is 96.6 Å². The molecule has 6 heteroatoms. The Morgan fingerprint density at radius 2 is 1.33 bits per heavy atom. The van der Waals surface area contributed by atoms with Crippen molar-refractivity contribution in [2.45, 2.75) is 17.9 Å². The van der Waals surface area contributed by atoms with Crippen LogP contribution in [-0.4, -0.2) is 39.9 Å². The van der Waals surface area contributed by atoms with Crippen molar-refractivity contribution in [1.29, 1.82) is 0 Å². The van der Waals surface area contributed by atoms with E-state index in [9.17, 15) is 9.59 Å². The van der Waals surface area contributed by atoms with Crippen LogP contribution in [0.5, 0.6) is 0 Å². The Morgan fingerprint density at radius 3 is 1.83 bits per heavy atom. The van der Waals surface area contributed by atoms with Gasteiger partial charge in [-0.25, -0.2) is 0 Å². The van der Waals surface area contributed by atoms with Crippen molar-refractivity contribution in [3.63, 3.8) is 0 Å². The number of carbonyl (C=O) groups excluding carboxylic acids is 2. The topological polar surface area (TPSA) is 64.6 Å². The molecule has 0 aliphatic heterocycles. The first-order chi connectivity index (χ1) is 14.7. The zero-order valence-electron chi connectivity index (χ0n) is 16.7. The number of benzene rings is 3. The van der Waals surface area contributed by atoms with Gasteiger partial charge in [0.1, 0.15) is 0 Å². The number of ether oxygens (including phenoxy) is 2. The molecule has 154 valence electrons. The minimum atomic E-state index is -1.87. The van der Waals surface area contributed by atoms with E-state index in [0.717, 1.165) is 5.56 Å². The van der Waals surface area contributed by atoms with Crippen LogP contribution in [0.2, 0.25) is 5.21 Å². The Bertz CT molecular complexity index is 896. The summed E-state index contributed by atoms with van der Waals surface area (Å²) in [5.41, 5.74) is 0.878. The first-order valence-corrected chi connectivity index (χ1v) is 12.8. The summed E-state index contributed by atoms with van der Waals surface area (Å²) < 4.78 is 12.7. The first kappa shape index (κ1) is 21.7. The van der Waals surface area contributed by atoms with Crippen LogP contribution >= 0.6 is 0 Å². The van der Waals surface area contributed by atoms with Crippen molar-refractivity contribution in [2.75, 3.05) is 7.11 Å². The van der Waals surface area contributed by atoms with Crippen LogP contribution in [0.25, 0.3) is 0 Å². The van der Waals surface area contributed by atoms with Crippen LogP contribution in [0.15, 0.2) is 91.0 Å². The van der Waals surface area contributed by atoms with Crippen molar-refractivity contribution in [3.8, 4) is 0 Å². The van der Waals surface area contributed by atoms with Gasteiger partial charge in [-0.05, 0) is 0 Å². The normalized spacial score (nSPS) is 11.5. The number of alkyl carbamates (subject to hydrolysis) is 1. The van der Waals surface area contributed by atoms with E-state index in [0.29, 0.717) is 5.21 Å². The van der Waals surface area contributed by atoms with Crippen molar-refractivity contribution in [2.24, 2.45) is 0 Å². The molecule has 5 nitrogen and oxygen atoms in total. The molecule has 3 rings (SSSR count). The molecule has 0 aromatic heterocycles. The summed E-state index contributed by atoms with van der Waals surface area (Å²) in [4.78, 5) is 24.8. The van der Waals surface area contributed by atoms with Crippen LogP contribution in [0.3, 0.4) is 0 Å². The predicted molar refractivity (Wildman–Crippen MR) is 118 cm³/mol. The molecule has 30 heavy (non-hydrogen) atoms. The molecule has 1 atom stereocenters. The van der Waals surface area contributed by atoms with Gasteiger partial charge in [-0.3, -0.25) is 0 Å². The summed E-state index contributed by atoms with van der Waals surface area (Å²) >= 11 is -1.87. The van der Waals surface area contributed by atoms with E-state index >= 15 is 0 Å². The Labute approximate surface area is 181 Å². The van der Waals surface area contributed by atoms with Crippen molar-refractivity contribution >= 4 is 35.4 Å². The third-order valence-corrected chi connectivity index (χ3v) is 9.89. The Balaban J connectivity index is 1.74. The number of hydrogen-bond acceptors (Lipinski definition) is 4. The fraction of sp³-hybridized carbons (Fsp3) is 0.167. The molecule has 0 bridgehead atoms. The van der Waals surface area contributed by atoms with Gasteiger partial charge in [-0.2, -0.15) is 0 Å². The standard InChI is InChI=1S/C24H24AsNO4/c1-29-23(27)22(26-24(28)30-18-19-11-5-2-6-12-19)17-25(20-13-7-3-8-14-20)21-15-9-4-10-16-21/h2-16,22H,17-18H2,1H3,(H,26,28)/t22-/m0/s1. The van der Waals surface area contributed by atoms with E-state index in [1.54, 1.807) is 0 Å². The number of carbonyl (C=O) groups is 2. The van der Waals surface area contributed by atoms with Crippen molar-refractivity contribution < 1.29 is 19.1 Å². The molecule has 0 fully saturated rings. The van der Waals surface area contributed by atoms with E-state index in [-0.39, 0.29) is 6.61 Å². The fourth-order valence-corrected chi connectivity index (χ4v) is 8.00. The maximum absolute atomic E-state index is 12.5. The molecular weight excluding hydrogens is 441 g/mol. The van der Waals surface area contributed by atoms with E-state index in [1.165, 1.54) is 15.8 Å². The third kappa shape index (κ3) is 6.23. The average molecular weight is 465 g/mol. The third-order valence-electron chi connectivity index (χ3n) is 4.49. The summed E-state index contributed by atoms with van der Waals surface area (Å²) in [6.45, 7) is 0.138. The predicted octanol–water partition coefficient (Wildman–Crippen LogP) is 2.76. The van der Waals surface area contributed by atoms with E-state index in [2.05, 4.69) is 29.6 Å². The van der Waals surface area contributed by atoms with Gasteiger partial charge in [-0.15, -0.1) is 0 Å². The minimum absolute atomic E-state index is 0.138. The molecule has 0 heterocycles. The van der Waals surface area contributed by atoms with Gasteiger partial charge < -0.3 is 0 Å². The summed E-state index contributed by atoms with van der Waals surface area (Å²) in [7, 11) is 1.33. The molecule has 0 aliphatic carbocycles. The molecular formula is C24H24AsNO4. The van der Waals surface area contributed by atoms with Gasteiger partial charge in [-0.1, -0.05) is 0 Å². The maximum atomic E-state index is 12.5. The van der Waals surface area contributed by atoms with Crippen LogP contribution in [0, 0.1) is 0 Å². The quantitative estimate of drug-likeness (QED) is 0.411. The monoisotopic (exact) mass is 465 g/mol.